The van der Waals surface area contributed by atoms with Crippen molar-refractivity contribution in [1.82, 2.24) is 9.88 Å². The quantitative estimate of drug-likeness (QED) is 0.802. The van der Waals surface area contributed by atoms with Crippen molar-refractivity contribution < 1.29 is 4.79 Å². The predicted octanol–water partition coefficient (Wildman–Crippen LogP) is 2.00. The van der Waals surface area contributed by atoms with Crippen molar-refractivity contribution in [3.63, 3.8) is 0 Å². The summed E-state index contributed by atoms with van der Waals surface area (Å²) in [6.07, 6.45) is 7.66. The number of aromatic amines is 1. The fraction of sp³-hybridized carbons (Fsp3) is 0.583. The third kappa shape index (κ3) is 2.21. The number of nitrogens with zero attached hydrogens (tertiary/aromatic N) is 1. The number of anilines is 1. The molecule has 0 spiro atoms. The van der Waals surface area contributed by atoms with Crippen molar-refractivity contribution >= 4 is 11.6 Å². The molecule has 0 aliphatic heterocycles. The third-order valence-electron chi connectivity index (χ3n) is 3.38. The van der Waals surface area contributed by atoms with E-state index in [0.29, 0.717) is 17.4 Å². The molecule has 0 saturated heterocycles. The van der Waals surface area contributed by atoms with Gasteiger partial charge in [0, 0.05) is 25.0 Å². The van der Waals surface area contributed by atoms with E-state index >= 15 is 0 Å². The molecule has 1 aliphatic rings. The average Bonchev–Trinajstić information content (AvgIpc) is 2.75. The first kappa shape index (κ1) is 11.0. The summed E-state index contributed by atoms with van der Waals surface area (Å²) >= 11 is 0. The molecule has 0 unspecified atom stereocenters. The molecular weight excluding hydrogens is 202 g/mol. The maximum Gasteiger partial charge on any atom is 0.270 e. The van der Waals surface area contributed by atoms with E-state index in [2.05, 4.69) is 4.98 Å². The molecule has 0 radical (unpaired) electrons. The number of nitrogen functional groups attached to an aromatic ring is 1. The second-order valence-corrected chi connectivity index (χ2v) is 4.55. The second-order valence-electron chi connectivity index (χ2n) is 4.55. The lowest BCUT2D eigenvalue weighted by atomic mass is 9.94. The molecule has 0 bridgehead atoms. The van der Waals surface area contributed by atoms with Gasteiger partial charge in [-0.3, -0.25) is 4.79 Å². The third-order valence-corrected chi connectivity index (χ3v) is 3.38. The lowest BCUT2D eigenvalue weighted by Crippen LogP contribution is -2.38. The molecular formula is C12H19N3O. The Morgan fingerprint density at radius 2 is 2.12 bits per heavy atom. The number of amides is 1. The molecule has 4 heteroatoms. The lowest BCUT2D eigenvalue weighted by Gasteiger charge is -2.30. The van der Waals surface area contributed by atoms with Crippen LogP contribution in [0.4, 0.5) is 5.69 Å². The number of H-pyrrole nitrogens is 1. The van der Waals surface area contributed by atoms with Crippen LogP contribution in [-0.2, 0) is 0 Å². The van der Waals surface area contributed by atoms with Crippen molar-refractivity contribution in [2.24, 2.45) is 0 Å². The topological polar surface area (TPSA) is 62.1 Å². The number of aromatic nitrogens is 1. The van der Waals surface area contributed by atoms with E-state index < -0.39 is 0 Å². The van der Waals surface area contributed by atoms with Crippen molar-refractivity contribution in [3.05, 3.63) is 18.0 Å². The molecule has 1 amide bonds. The van der Waals surface area contributed by atoms with Gasteiger partial charge in [0.05, 0.1) is 0 Å². The number of nitrogens with two attached hydrogens (primary N) is 1. The first-order chi connectivity index (χ1) is 7.68. The van der Waals surface area contributed by atoms with E-state index in [4.69, 9.17) is 5.73 Å². The summed E-state index contributed by atoms with van der Waals surface area (Å²) in [5.74, 6) is 0.0450. The van der Waals surface area contributed by atoms with Gasteiger partial charge in [-0.2, -0.15) is 0 Å². The van der Waals surface area contributed by atoms with E-state index in [1.54, 1.807) is 12.3 Å². The maximum absolute atomic E-state index is 12.1. The van der Waals surface area contributed by atoms with Crippen LogP contribution in [-0.4, -0.2) is 28.9 Å². The Bertz CT molecular complexity index is 366. The van der Waals surface area contributed by atoms with Gasteiger partial charge in [0.2, 0.25) is 0 Å². The van der Waals surface area contributed by atoms with Crippen molar-refractivity contribution in [3.8, 4) is 0 Å². The Morgan fingerprint density at radius 1 is 1.44 bits per heavy atom. The molecule has 1 aromatic rings. The Hall–Kier alpha value is -1.45. The highest BCUT2D eigenvalue weighted by Gasteiger charge is 2.23. The van der Waals surface area contributed by atoms with Crippen LogP contribution in [0.15, 0.2) is 12.3 Å². The van der Waals surface area contributed by atoms with Crippen LogP contribution in [0.2, 0.25) is 0 Å². The molecule has 1 fully saturated rings. The molecule has 16 heavy (non-hydrogen) atoms. The summed E-state index contributed by atoms with van der Waals surface area (Å²) in [4.78, 5) is 16.9. The molecule has 1 heterocycles. The number of nitrogens with one attached hydrogen (secondary N) is 1. The zero-order valence-corrected chi connectivity index (χ0v) is 9.70. The minimum absolute atomic E-state index is 0.0450. The Balaban J connectivity index is 2.03. The van der Waals surface area contributed by atoms with Crippen LogP contribution in [0.3, 0.4) is 0 Å². The minimum atomic E-state index is 0.0450. The van der Waals surface area contributed by atoms with Gasteiger partial charge in [-0.05, 0) is 18.9 Å². The summed E-state index contributed by atoms with van der Waals surface area (Å²) in [6, 6.07) is 2.09. The number of carbonyl (C=O) groups excluding carboxylic acids is 1. The Kier molecular flexibility index (Phi) is 3.17. The second kappa shape index (κ2) is 4.60. The van der Waals surface area contributed by atoms with Gasteiger partial charge in [-0.1, -0.05) is 19.3 Å². The molecule has 0 aromatic carbocycles. The molecule has 88 valence electrons. The largest absolute Gasteiger partial charge is 0.397 e. The van der Waals surface area contributed by atoms with Gasteiger partial charge in [0.15, 0.2) is 0 Å². The van der Waals surface area contributed by atoms with Crippen LogP contribution in [0.1, 0.15) is 42.6 Å². The summed E-state index contributed by atoms with van der Waals surface area (Å²) in [6.45, 7) is 0. The first-order valence-electron chi connectivity index (χ1n) is 5.89. The monoisotopic (exact) mass is 221 g/mol. The highest BCUT2D eigenvalue weighted by Crippen LogP contribution is 2.22. The maximum atomic E-state index is 12.1. The Morgan fingerprint density at radius 3 is 2.69 bits per heavy atom. The van der Waals surface area contributed by atoms with Gasteiger partial charge in [-0.15, -0.1) is 0 Å². The number of hydrogen-bond acceptors (Lipinski definition) is 2. The van der Waals surface area contributed by atoms with E-state index in [1.807, 2.05) is 11.9 Å². The first-order valence-corrected chi connectivity index (χ1v) is 5.89. The number of hydrogen-bond donors (Lipinski definition) is 2. The summed E-state index contributed by atoms with van der Waals surface area (Å²) in [5.41, 5.74) is 6.79. The predicted molar refractivity (Wildman–Crippen MR) is 64.2 cm³/mol. The minimum Gasteiger partial charge on any atom is -0.397 e. The molecule has 0 atom stereocenters. The number of carbonyl (C=O) groups is 1. The van der Waals surface area contributed by atoms with Gasteiger partial charge >= 0.3 is 0 Å². The molecule has 1 aliphatic carbocycles. The molecule has 3 N–H and O–H groups in total. The molecule has 2 rings (SSSR count). The average molecular weight is 221 g/mol. The van der Waals surface area contributed by atoms with Gasteiger partial charge < -0.3 is 15.6 Å². The SMILES string of the molecule is CN(C(=O)c1cc(N)c[nH]1)C1CCCCC1. The standard InChI is InChI=1S/C12H19N3O/c1-15(10-5-3-2-4-6-10)12(16)11-7-9(13)8-14-11/h7-8,10,14H,2-6,13H2,1H3. The fourth-order valence-corrected chi connectivity index (χ4v) is 2.36. The van der Waals surface area contributed by atoms with Crippen LogP contribution in [0.25, 0.3) is 0 Å². The van der Waals surface area contributed by atoms with E-state index in [-0.39, 0.29) is 5.91 Å². The zero-order valence-electron chi connectivity index (χ0n) is 9.70. The molecule has 4 nitrogen and oxygen atoms in total. The summed E-state index contributed by atoms with van der Waals surface area (Å²) < 4.78 is 0. The lowest BCUT2D eigenvalue weighted by molar-refractivity contribution is 0.0691. The van der Waals surface area contributed by atoms with E-state index in [1.165, 1.54) is 19.3 Å². The molecule has 1 saturated carbocycles. The molecule has 1 aromatic heterocycles. The summed E-state index contributed by atoms with van der Waals surface area (Å²) in [7, 11) is 1.88. The smallest absolute Gasteiger partial charge is 0.270 e. The van der Waals surface area contributed by atoms with Crippen LogP contribution >= 0.6 is 0 Å². The van der Waals surface area contributed by atoms with Gasteiger partial charge in [-0.25, -0.2) is 0 Å². The van der Waals surface area contributed by atoms with Crippen LogP contribution in [0, 0.1) is 0 Å². The van der Waals surface area contributed by atoms with Gasteiger partial charge in [0.25, 0.3) is 5.91 Å². The van der Waals surface area contributed by atoms with E-state index in [9.17, 15) is 4.79 Å². The van der Waals surface area contributed by atoms with Crippen molar-refractivity contribution in [1.29, 1.82) is 0 Å². The summed E-state index contributed by atoms with van der Waals surface area (Å²) in [5, 5.41) is 0. The van der Waals surface area contributed by atoms with Crippen molar-refractivity contribution in [2.75, 3.05) is 12.8 Å². The van der Waals surface area contributed by atoms with Crippen molar-refractivity contribution in [2.45, 2.75) is 38.1 Å². The van der Waals surface area contributed by atoms with E-state index in [0.717, 1.165) is 12.8 Å². The highest BCUT2D eigenvalue weighted by atomic mass is 16.2. The van der Waals surface area contributed by atoms with Crippen LogP contribution in [0.5, 0.6) is 0 Å². The highest BCUT2D eigenvalue weighted by molar-refractivity contribution is 5.93. The zero-order chi connectivity index (χ0) is 11.5. The number of rotatable bonds is 2. The normalized spacial score (nSPS) is 17.3. The van der Waals surface area contributed by atoms with Crippen LogP contribution < -0.4 is 5.73 Å². The van der Waals surface area contributed by atoms with Gasteiger partial charge in [0.1, 0.15) is 5.69 Å². The fourth-order valence-electron chi connectivity index (χ4n) is 2.36. The Labute approximate surface area is 95.8 Å².